The standard InChI is InChI=1S/C27H36BrNO5/c1-5-6-16(11-17-12-18(28)8-10-22(17)31)7-9-23(32)24-19(15(2)3)13-20-25(21(24)14-30)27(34)29(4)26(20)33/h8,10-12,15,20-21,23,25,30-32H,5-7,9,13-14H2,1-4H3/b16-11+/t20-,21+,23-,25-/m1/s1. The zero-order valence-corrected chi connectivity index (χ0v) is 22.0. The Morgan fingerprint density at radius 1 is 1.24 bits per heavy atom. The van der Waals surface area contributed by atoms with Gasteiger partial charge >= 0.3 is 0 Å². The van der Waals surface area contributed by atoms with Gasteiger partial charge in [-0.15, -0.1) is 0 Å². The van der Waals surface area contributed by atoms with Crippen LogP contribution in [0.2, 0.25) is 0 Å². The average Bonchev–Trinajstić information content (AvgIpc) is 3.02. The monoisotopic (exact) mass is 533 g/mol. The molecule has 2 amide bonds. The summed E-state index contributed by atoms with van der Waals surface area (Å²) in [6.07, 6.45) is 4.43. The van der Waals surface area contributed by atoms with Crippen LogP contribution in [0, 0.1) is 23.7 Å². The number of hydrogen-bond acceptors (Lipinski definition) is 5. The number of hydrogen-bond donors (Lipinski definition) is 3. The average molecular weight is 534 g/mol. The molecule has 2 aliphatic rings. The second-order valence-electron chi connectivity index (χ2n) is 9.81. The van der Waals surface area contributed by atoms with Gasteiger partial charge in [0.25, 0.3) is 0 Å². The van der Waals surface area contributed by atoms with Crippen molar-refractivity contribution in [2.24, 2.45) is 23.7 Å². The van der Waals surface area contributed by atoms with Gasteiger partial charge in [0.05, 0.1) is 24.5 Å². The molecule has 0 spiro atoms. The quantitative estimate of drug-likeness (QED) is 0.316. The van der Waals surface area contributed by atoms with Gasteiger partial charge in [0.2, 0.25) is 11.8 Å². The largest absolute Gasteiger partial charge is 0.507 e. The number of rotatable bonds is 9. The van der Waals surface area contributed by atoms with E-state index in [1.807, 2.05) is 26.0 Å². The fourth-order valence-electron chi connectivity index (χ4n) is 5.53. The Hall–Kier alpha value is -1.96. The number of aromatic hydroxyl groups is 1. The fourth-order valence-corrected chi connectivity index (χ4v) is 5.91. The first-order chi connectivity index (χ1) is 16.1. The van der Waals surface area contributed by atoms with E-state index in [0.717, 1.165) is 39.6 Å². The van der Waals surface area contributed by atoms with E-state index in [1.165, 1.54) is 11.9 Å². The topological polar surface area (TPSA) is 98.1 Å². The van der Waals surface area contributed by atoms with E-state index in [1.54, 1.807) is 12.1 Å². The SMILES string of the molecule is CCC/C(=C\c1cc(Br)ccc1O)CC[C@@H](O)C1=C(C(C)C)C[C@H]2C(=O)N(C)C(=O)[C@H]2[C@H]1CO. The van der Waals surface area contributed by atoms with E-state index >= 15 is 0 Å². The number of aliphatic hydroxyl groups is 2. The molecule has 1 fully saturated rings. The summed E-state index contributed by atoms with van der Waals surface area (Å²) in [5.41, 5.74) is 3.55. The molecule has 1 saturated heterocycles. The summed E-state index contributed by atoms with van der Waals surface area (Å²) < 4.78 is 0.877. The minimum atomic E-state index is -0.819. The fraction of sp³-hybridized carbons (Fsp3) is 0.556. The molecule has 7 heteroatoms. The number of likely N-dealkylation sites (tertiary alicyclic amines) is 1. The molecule has 3 rings (SSSR count). The Bertz CT molecular complexity index is 999. The van der Waals surface area contributed by atoms with Crippen molar-refractivity contribution in [3.63, 3.8) is 0 Å². The maximum atomic E-state index is 12.8. The molecule has 6 nitrogen and oxygen atoms in total. The third-order valence-corrected chi connectivity index (χ3v) is 7.75. The van der Waals surface area contributed by atoms with Crippen molar-refractivity contribution in [3.8, 4) is 5.75 Å². The van der Waals surface area contributed by atoms with Crippen LogP contribution in [0.25, 0.3) is 6.08 Å². The molecule has 34 heavy (non-hydrogen) atoms. The molecular formula is C27H36BrNO5. The number of phenols is 1. The normalized spacial score (nSPS) is 24.3. The molecule has 0 unspecified atom stereocenters. The third-order valence-electron chi connectivity index (χ3n) is 7.25. The Labute approximate surface area is 210 Å². The highest BCUT2D eigenvalue weighted by Crippen LogP contribution is 2.47. The highest BCUT2D eigenvalue weighted by atomic mass is 79.9. The molecule has 1 heterocycles. The summed E-state index contributed by atoms with van der Waals surface area (Å²) in [5.74, 6) is -1.79. The first kappa shape index (κ1) is 26.6. The van der Waals surface area contributed by atoms with Crippen molar-refractivity contribution in [1.29, 1.82) is 0 Å². The number of carbonyl (C=O) groups is 2. The molecule has 186 valence electrons. The molecule has 1 aromatic carbocycles. The summed E-state index contributed by atoms with van der Waals surface area (Å²) in [5, 5.41) is 31.9. The maximum absolute atomic E-state index is 12.8. The smallest absolute Gasteiger partial charge is 0.233 e. The van der Waals surface area contributed by atoms with Gasteiger partial charge in [-0.05, 0) is 55.4 Å². The van der Waals surface area contributed by atoms with Crippen LogP contribution in [-0.2, 0) is 9.59 Å². The lowest BCUT2D eigenvalue weighted by molar-refractivity contribution is -0.138. The number of fused-ring (bicyclic) bond motifs is 1. The Balaban J connectivity index is 1.89. The van der Waals surface area contributed by atoms with E-state index in [2.05, 4.69) is 22.9 Å². The maximum Gasteiger partial charge on any atom is 0.233 e. The molecule has 4 atom stereocenters. The van der Waals surface area contributed by atoms with Gasteiger partial charge in [0.15, 0.2) is 0 Å². The molecule has 1 aliphatic carbocycles. The van der Waals surface area contributed by atoms with Gasteiger partial charge in [-0.2, -0.15) is 0 Å². The van der Waals surface area contributed by atoms with Crippen molar-refractivity contribution in [1.82, 2.24) is 4.90 Å². The van der Waals surface area contributed by atoms with Crippen molar-refractivity contribution < 1.29 is 24.9 Å². The van der Waals surface area contributed by atoms with E-state index < -0.39 is 23.9 Å². The second kappa shape index (κ2) is 11.2. The van der Waals surface area contributed by atoms with Crippen LogP contribution in [-0.4, -0.2) is 51.8 Å². The highest BCUT2D eigenvalue weighted by Gasteiger charge is 2.53. The summed E-state index contributed by atoms with van der Waals surface area (Å²) in [6, 6.07) is 5.30. The van der Waals surface area contributed by atoms with Crippen molar-refractivity contribution in [2.75, 3.05) is 13.7 Å². The number of halogens is 1. The van der Waals surface area contributed by atoms with E-state index in [4.69, 9.17) is 0 Å². The number of allylic oxidation sites excluding steroid dienone is 2. The van der Waals surface area contributed by atoms with Crippen LogP contribution >= 0.6 is 15.9 Å². The summed E-state index contributed by atoms with van der Waals surface area (Å²) in [7, 11) is 1.50. The van der Waals surface area contributed by atoms with E-state index in [-0.39, 0.29) is 30.1 Å². The van der Waals surface area contributed by atoms with Crippen LogP contribution < -0.4 is 0 Å². The zero-order chi connectivity index (χ0) is 25.2. The Kier molecular flexibility index (Phi) is 8.77. The van der Waals surface area contributed by atoms with Crippen LogP contribution in [0.15, 0.2) is 39.4 Å². The van der Waals surface area contributed by atoms with Crippen LogP contribution in [0.4, 0.5) is 0 Å². The zero-order valence-electron chi connectivity index (χ0n) is 20.4. The molecule has 1 aromatic rings. The van der Waals surface area contributed by atoms with Crippen LogP contribution in [0.3, 0.4) is 0 Å². The van der Waals surface area contributed by atoms with Crippen molar-refractivity contribution in [3.05, 3.63) is 45.0 Å². The molecule has 1 aliphatic heterocycles. The van der Waals surface area contributed by atoms with Gasteiger partial charge in [0.1, 0.15) is 5.75 Å². The minimum absolute atomic E-state index is 0.0951. The van der Waals surface area contributed by atoms with Crippen molar-refractivity contribution >= 4 is 33.8 Å². The minimum Gasteiger partial charge on any atom is -0.507 e. The first-order valence-corrected chi connectivity index (χ1v) is 12.9. The predicted molar refractivity (Wildman–Crippen MR) is 136 cm³/mol. The summed E-state index contributed by atoms with van der Waals surface area (Å²) in [6.45, 7) is 5.87. The number of benzene rings is 1. The van der Waals surface area contributed by atoms with Gasteiger partial charge < -0.3 is 15.3 Å². The van der Waals surface area contributed by atoms with Crippen LogP contribution in [0.1, 0.15) is 58.4 Å². The molecule has 0 bridgehead atoms. The molecule has 0 radical (unpaired) electrons. The van der Waals surface area contributed by atoms with Gasteiger partial charge in [-0.25, -0.2) is 0 Å². The lowest BCUT2D eigenvalue weighted by Crippen LogP contribution is -2.39. The Morgan fingerprint density at radius 2 is 1.94 bits per heavy atom. The number of carbonyl (C=O) groups excluding carboxylic acids is 2. The number of nitrogens with zero attached hydrogens (tertiary/aromatic N) is 1. The summed E-state index contributed by atoms with van der Waals surface area (Å²) >= 11 is 3.44. The summed E-state index contributed by atoms with van der Waals surface area (Å²) in [4.78, 5) is 26.7. The highest BCUT2D eigenvalue weighted by molar-refractivity contribution is 9.10. The number of imide groups is 1. The number of aliphatic hydroxyl groups excluding tert-OH is 2. The third kappa shape index (κ3) is 5.31. The second-order valence-corrected chi connectivity index (χ2v) is 10.7. The van der Waals surface area contributed by atoms with Crippen molar-refractivity contribution in [2.45, 2.75) is 59.0 Å². The number of phenolic OH excluding ortho intramolecular Hbond substituents is 1. The van der Waals surface area contributed by atoms with Gasteiger partial charge in [-0.1, -0.05) is 60.3 Å². The molecule has 3 N–H and O–H groups in total. The van der Waals surface area contributed by atoms with Gasteiger partial charge in [-0.3, -0.25) is 14.5 Å². The van der Waals surface area contributed by atoms with E-state index in [9.17, 15) is 24.9 Å². The van der Waals surface area contributed by atoms with Crippen LogP contribution in [0.5, 0.6) is 5.75 Å². The molecular weight excluding hydrogens is 498 g/mol. The number of amides is 2. The molecule has 0 saturated carbocycles. The Morgan fingerprint density at radius 3 is 2.56 bits per heavy atom. The lowest BCUT2D eigenvalue weighted by atomic mass is 9.66. The van der Waals surface area contributed by atoms with E-state index in [0.29, 0.717) is 19.3 Å². The van der Waals surface area contributed by atoms with Gasteiger partial charge in [0, 0.05) is 23.0 Å². The first-order valence-electron chi connectivity index (χ1n) is 12.1. The predicted octanol–water partition coefficient (Wildman–Crippen LogP) is 4.68. The lowest BCUT2D eigenvalue weighted by Gasteiger charge is -2.38. The molecule has 0 aromatic heterocycles.